The Bertz CT molecular complexity index is 280. The fourth-order valence-corrected chi connectivity index (χ4v) is 1.75. The van der Waals surface area contributed by atoms with E-state index in [0.29, 0.717) is 0 Å². The average molecular weight is 170 g/mol. The average Bonchev–Trinajstić information content (AvgIpc) is 2.30. The zero-order chi connectivity index (χ0) is 8.43. The number of aromatic nitrogens is 1. The van der Waals surface area contributed by atoms with Crippen molar-refractivity contribution in [1.82, 2.24) is 4.37 Å². The first-order valence-electron chi connectivity index (χ1n) is 3.31. The van der Waals surface area contributed by atoms with E-state index >= 15 is 0 Å². The normalized spacial score (nSPS) is 9.73. The number of anilines is 1. The molecule has 3 nitrogen and oxygen atoms in total. The van der Waals surface area contributed by atoms with E-state index in [9.17, 15) is 4.79 Å². The number of carbonyl (C=O) groups is 1. The minimum atomic E-state index is 0.0700. The molecule has 0 saturated heterocycles. The van der Waals surface area contributed by atoms with Crippen molar-refractivity contribution in [1.29, 1.82) is 0 Å². The van der Waals surface area contributed by atoms with Crippen LogP contribution in [0.25, 0.3) is 0 Å². The SMILES string of the molecule is CNc1snc(C)c1C(C)=O. The molecule has 0 amide bonds. The Morgan fingerprint density at radius 2 is 2.27 bits per heavy atom. The summed E-state index contributed by atoms with van der Waals surface area (Å²) in [5.41, 5.74) is 1.53. The molecule has 1 rings (SSSR count). The number of Topliss-reactive ketones (excluding diaryl/α,β-unsaturated/α-hetero) is 1. The van der Waals surface area contributed by atoms with Crippen LogP contribution in [-0.2, 0) is 0 Å². The van der Waals surface area contributed by atoms with Gasteiger partial charge in [0.15, 0.2) is 5.78 Å². The Labute approximate surface area is 69.6 Å². The molecule has 1 aromatic rings. The van der Waals surface area contributed by atoms with Gasteiger partial charge >= 0.3 is 0 Å². The first kappa shape index (κ1) is 8.20. The molecule has 0 aromatic carbocycles. The summed E-state index contributed by atoms with van der Waals surface area (Å²) in [6.45, 7) is 3.39. The summed E-state index contributed by atoms with van der Waals surface area (Å²) in [6.07, 6.45) is 0. The third-order valence-electron chi connectivity index (χ3n) is 1.44. The van der Waals surface area contributed by atoms with E-state index in [1.54, 1.807) is 14.0 Å². The van der Waals surface area contributed by atoms with Crippen molar-refractivity contribution < 1.29 is 4.79 Å². The van der Waals surface area contributed by atoms with Gasteiger partial charge in [0.25, 0.3) is 0 Å². The number of rotatable bonds is 2. The van der Waals surface area contributed by atoms with Crippen molar-refractivity contribution in [2.45, 2.75) is 13.8 Å². The van der Waals surface area contributed by atoms with Gasteiger partial charge < -0.3 is 5.32 Å². The molecule has 60 valence electrons. The molecular weight excluding hydrogens is 160 g/mol. The van der Waals surface area contributed by atoms with Crippen molar-refractivity contribution in [3.63, 3.8) is 0 Å². The monoisotopic (exact) mass is 170 g/mol. The largest absolute Gasteiger partial charge is 0.378 e. The first-order valence-corrected chi connectivity index (χ1v) is 4.09. The highest BCUT2D eigenvalue weighted by Crippen LogP contribution is 2.23. The maximum Gasteiger partial charge on any atom is 0.164 e. The number of ketones is 1. The van der Waals surface area contributed by atoms with Gasteiger partial charge in [-0.2, -0.15) is 4.37 Å². The van der Waals surface area contributed by atoms with Crippen LogP contribution in [0.2, 0.25) is 0 Å². The van der Waals surface area contributed by atoms with Crippen LogP contribution >= 0.6 is 11.5 Å². The van der Waals surface area contributed by atoms with Gasteiger partial charge in [-0.15, -0.1) is 0 Å². The summed E-state index contributed by atoms with van der Waals surface area (Å²) >= 11 is 1.32. The molecule has 0 bridgehead atoms. The van der Waals surface area contributed by atoms with E-state index in [2.05, 4.69) is 9.69 Å². The molecule has 11 heavy (non-hydrogen) atoms. The number of nitrogens with one attached hydrogen (secondary N) is 1. The zero-order valence-corrected chi connectivity index (χ0v) is 7.58. The molecule has 0 saturated carbocycles. The van der Waals surface area contributed by atoms with Crippen LogP contribution in [0, 0.1) is 6.92 Å². The first-order chi connectivity index (χ1) is 5.16. The molecule has 0 unspecified atom stereocenters. The molecule has 1 N–H and O–H groups in total. The van der Waals surface area contributed by atoms with Crippen molar-refractivity contribution >= 4 is 22.3 Å². The number of nitrogens with zero attached hydrogens (tertiary/aromatic N) is 1. The van der Waals surface area contributed by atoms with Gasteiger partial charge in [-0.1, -0.05) is 0 Å². The van der Waals surface area contributed by atoms with Gasteiger partial charge in [-0.3, -0.25) is 4.79 Å². The number of hydrogen-bond donors (Lipinski definition) is 1. The molecule has 1 heterocycles. The maximum absolute atomic E-state index is 11.0. The second-order valence-corrected chi connectivity index (χ2v) is 3.05. The molecule has 0 aliphatic heterocycles. The molecule has 0 fully saturated rings. The minimum Gasteiger partial charge on any atom is -0.378 e. The molecule has 0 atom stereocenters. The molecule has 0 aliphatic rings. The summed E-state index contributed by atoms with van der Waals surface area (Å²) in [6, 6.07) is 0. The topological polar surface area (TPSA) is 42.0 Å². The smallest absolute Gasteiger partial charge is 0.164 e. The second kappa shape index (κ2) is 3.00. The fraction of sp³-hybridized carbons (Fsp3) is 0.429. The van der Waals surface area contributed by atoms with Crippen molar-refractivity contribution in [3.8, 4) is 0 Å². The summed E-state index contributed by atoms with van der Waals surface area (Å²) in [4.78, 5) is 11.0. The van der Waals surface area contributed by atoms with Crippen LogP contribution in [0.1, 0.15) is 23.0 Å². The second-order valence-electron chi connectivity index (χ2n) is 2.28. The van der Waals surface area contributed by atoms with E-state index in [0.717, 1.165) is 16.3 Å². The highest BCUT2D eigenvalue weighted by Gasteiger charge is 2.12. The Hall–Kier alpha value is -0.900. The quantitative estimate of drug-likeness (QED) is 0.687. The third kappa shape index (κ3) is 1.40. The number of aryl methyl sites for hydroxylation is 1. The lowest BCUT2D eigenvalue weighted by molar-refractivity contribution is 0.101. The lowest BCUT2D eigenvalue weighted by Crippen LogP contribution is -1.97. The summed E-state index contributed by atoms with van der Waals surface area (Å²) in [7, 11) is 1.79. The van der Waals surface area contributed by atoms with E-state index in [1.165, 1.54) is 11.5 Å². The summed E-state index contributed by atoms with van der Waals surface area (Å²) in [5.74, 6) is 0.0700. The fourth-order valence-electron chi connectivity index (χ4n) is 0.955. The van der Waals surface area contributed by atoms with Crippen molar-refractivity contribution in [2.24, 2.45) is 0 Å². The predicted octanol–water partition coefficient (Wildman–Crippen LogP) is 1.70. The van der Waals surface area contributed by atoms with Crippen molar-refractivity contribution in [3.05, 3.63) is 11.3 Å². The van der Waals surface area contributed by atoms with Crippen LogP contribution in [0.4, 0.5) is 5.00 Å². The van der Waals surface area contributed by atoms with Crippen LogP contribution in [-0.4, -0.2) is 17.2 Å². The van der Waals surface area contributed by atoms with Crippen molar-refractivity contribution in [2.75, 3.05) is 12.4 Å². The lowest BCUT2D eigenvalue weighted by atomic mass is 10.2. The van der Waals surface area contributed by atoms with Crippen LogP contribution in [0.5, 0.6) is 0 Å². The number of carbonyl (C=O) groups excluding carboxylic acids is 1. The maximum atomic E-state index is 11.0. The van der Waals surface area contributed by atoms with Gasteiger partial charge in [0, 0.05) is 7.05 Å². The Balaban J connectivity index is 3.17. The van der Waals surface area contributed by atoms with Gasteiger partial charge in [0.2, 0.25) is 0 Å². The predicted molar refractivity (Wildman–Crippen MR) is 46.4 cm³/mol. The molecule has 0 radical (unpaired) electrons. The van der Waals surface area contributed by atoms with Gasteiger partial charge in [-0.05, 0) is 25.4 Å². The lowest BCUT2D eigenvalue weighted by Gasteiger charge is -1.96. The highest BCUT2D eigenvalue weighted by atomic mass is 32.1. The molecule has 0 spiro atoms. The standard InChI is InChI=1S/C7H10N2OS/c1-4-6(5(2)10)7(8-3)11-9-4/h8H,1-3H3. The molecule has 4 heteroatoms. The Kier molecular flexibility index (Phi) is 2.24. The highest BCUT2D eigenvalue weighted by molar-refractivity contribution is 7.10. The van der Waals surface area contributed by atoms with Gasteiger partial charge in [0.1, 0.15) is 5.00 Å². The Morgan fingerprint density at radius 3 is 2.64 bits per heavy atom. The van der Waals surface area contributed by atoms with Crippen LogP contribution < -0.4 is 5.32 Å². The molecular formula is C7H10N2OS. The Morgan fingerprint density at radius 1 is 1.64 bits per heavy atom. The van der Waals surface area contributed by atoms with Crippen LogP contribution in [0.15, 0.2) is 0 Å². The van der Waals surface area contributed by atoms with Gasteiger partial charge in [-0.25, -0.2) is 0 Å². The van der Waals surface area contributed by atoms with E-state index in [1.807, 2.05) is 6.92 Å². The minimum absolute atomic E-state index is 0.0700. The zero-order valence-electron chi connectivity index (χ0n) is 6.76. The van der Waals surface area contributed by atoms with Gasteiger partial charge in [0.05, 0.1) is 11.3 Å². The molecule has 0 aliphatic carbocycles. The number of hydrogen-bond acceptors (Lipinski definition) is 4. The van der Waals surface area contributed by atoms with E-state index in [-0.39, 0.29) is 5.78 Å². The third-order valence-corrected chi connectivity index (χ3v) is 2.40. The summed E-state index contributed by atoms with van der Waals surface area (Å²) in [5, 5.41) is 3.79. The molecule has 1 aromatic heterocycles. The van der Waals surface area contributed by atoms with E-state index < -0.39 is 0 Å². The van der Waals surface area contributed by atoms with Crippen LogP contribution in [0.3, 0.4) is 0 Å². The summed E-state index contributed by atoms with van der Waals surface area (Å²) < 4.78 is 4.07. The van der Waals surface area contributed by atoms with E-state index in [4.69, 9.17) is 0 Å².